The minimum Gasteiger partial charge on any atom is -0.372 e. The highest BCUT2D eigenvalue weighted by molar-refractivity contribution is 5.92. The number of nitrogens with zero attached hydrogens (tertiary/aromatic N) is 3. The van der Waals surface area contributed by atoms with Crippen molar-refractivity contribution < 1.29 is 9.53 Å². The molecule has 0 aliphatic carbocycles. The van der Waals surface area contributed by atoms with Gasteiger partial charge in [-0.05, 0) is 33.8 Å². The van der Waals surface area contributed by atoms with Gasteiger partial charge in [0.15, 0.2) is 0 Å². The zero-order valence-electron chi connectivity index (χ0n) is 12.9. The van der Waals surface area contributed by atoms with Gasteiger partial charge < -0.3 is 9.64 Å². The van der Waals surface area contributed by atoms with E-state index >= 15 is 0 Å². The second kappa shape index (κ2) is 5.79. The van der Waals surface area contributed by atoms with Crippen molar-refractivity contribution in [1.29, 1.82) is 0 Å². The first-order valence-electron chi connectivity index (χ1n) is 7.01. The van der Waals surface area contributed by atoms with Crippen LogP contribution in [-0.2, 0) is 16.6 Å². The molecular weight excluding hydrogens is 254 g/mol. The van der Waals surface area contributed by atoms with E-state index in [-0.39, 0.29) is 18.1 Å². The summed E-state index contributed by atoms with van der Waals surface area (Å²) in [5, 5.41) is 4.35. The van der Waals surface area contributed by atoms with Gasteiger partial charge in [0, 0.05) is 37.5 Å². The third kappa shape index (κ3) is 3.10. The van der Waals surface area contributed by atoms with Crippen LogP contribution in [-0.4, -0.2) is 45.9 Å². The third-order valence-electron chi connectivity index (χ3n) is 3.69. The van der Waals surface area contributed by atoms with E-state index in [2.05, 4.69) is 5.10 Å². The van der Waals surface area contributed by atoms with Gasteiger partial charge in [0.05, 0.1) is 17.9 Å². The number of carbonyl (C=O) groups excluding carboxylic acids is 1. The lowest BCUT2D eigenvalue weighted by Gasteiger charge is -2.34. The second-order valence-corrected chi connectivity index (χ2v) is 5.54. The minimum atomic E-state index is 0.0367. The zero-order valence-corrected chi connectivity index (χ0v) is 12.9. The monoisotopic (exact) mass is 277 g/mol. The van der Waals surface area contributed by atoms with Crippen molar-refractivity contribution in [3.8, 4) is 0 Å². The molecule has 1 aliphatic heterocycles. The molecule has 1 fully saturated rings. The maximum absolute atomic E-state index is 12.2. The molecule has 0 aromatic carbocycles. The van der Waals surface area contributed by atoms with Gasteiger partial charge >= 0.3 is 0 Å². The zero-order chi connectivity index (χ0) is 14.9. The number of rotatable bonds is 2. The summed E-state index contributed by atoms with van der Waals surface area (Å²) in [7, 11) is 1.91. The van der Waals surface area contributed by atoms with Crippen molar-refractivity contribution in [2.24, 2.45) is 7.05 Å². The second-order valence-electron chi connectivity index (χ2n) is 5.54. The Morgan fingerprint density at radius 1 is 1.30 bits per heavy atom. The number of ether oxygens (including phenoxy) is 1. The Hall–Kier alpha value is -1.62. The molecule has 1 aromatic heterocycles. The number of hydrogen-bond donors (Lipinski definition) is 0. The fraction of sp³-hybridized carbons (Fsp3) is 0.600. The summed E-state index contributed by atoms with van der Waals surface area (Å²) in [6.07, 6.45) is 3.70. The molecule has 0 radical (unpaired) electrons. The molecule has 0 spiro atoms. The van der Waals surface area contributed by atoms with Crippen LogP contribution < -0.4 is 0 Å². The summed E-state index contributed by atoms with van der Waals surface area (Å²) in [4.78, 5) is 14.1. The van der Waals surface area contributed by atoms with E-state index < -0.39 is 0 Å². The van der Waals surface area contributed by atoms with Gasteiger partial charge in [0.25, 0.3) is 0 Å². The molecule has 1 saturated heterocycles. The number of aromatic nitrogens is 2. The van der Waals surface area contributed by atoms with E-state index in [1.54, 1.807) is 6.08 Å². The van der Waals surface area contributed by atoms with Gasteiger partial charge in [0.1, 0.15) is 0 Å². The number of amides is 1. The highest BCUT2D eigenvalue weighted by Crippen LogP contribution is 2.15. The average Bonchev–Trinajstić information content (AvgIpc) is 2.60. The number of aryl methyl sites for hydroxylation is 2. The Bertz CT molecular complexity index is 523. The smallest absolute Gasteiger partial charge is 0.246 e. The van der Waals surface area contributed by atoms with Crippen molar-refractivity contribution in [2.75, 3.05) is 13.1 Å². The molecular formula is C15H23N3O2. The summed E-state index contributed by atoms with van der Waals surface area (Å²) in [6, 6.07) is 0. The molecule has 1 aromatic rings. The van der Waals surface area contributed by atoms with Gasteiger partial charge in [0.2, 0.25) is 5.91 Å². The van der Waals surface area contributed by atoms with Gasteiger partial charge in [-0.25, -0.2) is 0 Å². The maximum Gasteiger partial charge on any atom is 0.246 e. The van der Waals surface area contributed by atoms with Crippen LogP contribution in [0, 0.1) is 13.8 Å². The van der Waals surface area contributed by atoms with Crippen molar-refractivity contribution in [2.45, 2.75) is 39.9 Å². The molecule has 1 amide bonds. The van der Waals surface area contributed by atoms with Crippen molar-refractivity contribution in [3.63, 3.8) is 0 Å². The molecule has 1 aliphatic rings. The van der Waals surface area contributed by atoms with E-state index in [0.717, 1.165) is 17.0 Å². The van der Waals surface area contributed by atoms with Gasteiger partial charge in [-0.15, -0.1) is 0 Å². The third-order valence-corrected chi connectivity index (χ3v) is 3.69. The molecule has 2 atom stereocenters. The molecule has 0 N–H and O–H groups in total. The average molecular weight is 277 g/mol. The lowest BCUT2D eigenvalue weighted by Crippen LogP contribution is -2.47. The predicted molar refractivity (Wildman–Crippen MR) is 78.3 cm³/mol. The van der Waals surface area contributed by atoms with Gasteiger partial charge in [-0.2, -0.15) is 5.10 Å². The van der Waals surface area contributed by atoms with Gasteiger partial charge in [-0.1, -0.05) is 0 Å². The van der Waals surface area contributed by atoms with Crippen LogP contribution in [0.15, 0.2) is 6.08 Å². The van der Waals surface area contributed by atoms with E-state index in [0.29, 0.717) is 13.1 Å². The molecule has 2 unspecified atom stereocenters. The van der Waals surface area contributed by atoms with Crippen LogP contribution in [0.5, 0.6) is 0 Å². The predicted octanol–water partition coefficient (Wildman–Crippen LogP) is 1.69. The lowest BCUT2D eigenvalue weighted by molar-refractivity contribution is -0.137. The normalized spacial score (nSPS) is 23.6. The quantitative estimate of drug-likeness (QED) is 0.773. The Balaban J connectivity index is 2.09. The fourth-order valence-corrected chi connectivity index (χ4v) is 2.65. The number of morpholine rings is 1. The largest absolute Gasteiger partial charge is 0.372 e. The molecule has 2 rings (SSSR count). The van der Waals surface area contributed by atoms with E-state index in [1.807, 2.05) is 50.4 Å². The SMILES string of the molecule is Cc1nn(C)c(C)c1/C=C/C(=O)N1CC(C)OC(C)C1. The van der Waals surface area contributed by atoms with Gasteiger partial charge in [-0.3, -0.25) is 9.48 Å². The van der Waals surface area contributed by atoms with Crippen LogP contribution in [0.3, 0.4) is 0 Å². The summed E-state index contributed by atoms with van der Waals surface area (Å²) in [6.45, 7) is 9.25. The highest BCUT2D eigenvalue weighted by Gasteiger charge is 2.24. The Morgan fingerprint density at radius 3 is 2.40 bits per heavy atom. The van der Waals surface area contributed by atoms with E-state index in [1.165, 1.54) is 0 Å². The van der Waals surface area contributed by atoms with E-state index in [4.69, 9.17) is 4.74 Å². The standard InChI is InChI=1S/C15H23N3O2/c1-10-8-18(9-11(2)20-10)15(19)7-6-14-12(3)16-17(5)13(14)4/h6-7,10-11H,8-9H2,1-5H3/b7-6+. The molecule has 2 heterocycles. The first-order chi connectivity index (χ1) is 9.38. The highest BCUT2D eigenvalue weighted by atomic mass is 16.5. The molecule has 5 nitrogen and oxygen atoms in total. The van der Waals surface area contributed by atoms with Crippen LogP contribution in [0.1, 0.15) is 30.8 Å². The Kier molecular flexibility index (Phi) is 4.28. The van der Waals surface area contributed by atoms with Crippen LogP contribution in [0.4, 0.5) is 0 Å². The maximum atomic E-state index is 12.2. The fourth-order valence-electron chi connectivity index (χ4n) is 2.65. The first-order valence-corrected chi connectivity index (χ1v) is 7.01. The lowest BCUT2D eigenvalue weighted by atomic mass is 10.1. The van der Waals surface area contributed by atoms with Crippen molar-refractivity contribution in [3.05, 3.63) is 23.0 Å². The first kappa shape index (κ1) is 14.8. The van der Waals surface area contributed by atoms with E-state index in [9.17, 15) is 4.79 Å². The Morgan fingerprint density at radius 2 is 1.90 bits per heavy atom. The number of carbonyl (C=O) groups is 1. The molecule has 20 heavy (non-hydrogen) atoms. The summed E-state index contributed by atoms with van der Waals surface area (Å²) in [5.74, 6) is 0.0367. The summed E-state index contributed by atoms with van der Waals surface area (Å²) >= 11 is 0. The topological polar surface area (TPSA) is 47.4 Å². The minimum absolute atomic E-state index is 0.0367. The number of hydrogen-bond acceptors (Lipinski definition) is 3. The van der Waals surface area contributed by atoms with Crippen LogP contribution in [0.2, 0.25) is 0 Å². The van der Waals surface area contributed by atoms with Crippen molar-refractivity contribution >= 4 is 12.0 Å². The van der Waals surface area contributed by atoms with Crippen molar-refractivity contribution in [1.82, 2.24) is 14.7 Å². The van der Waals surface area contributed by atoms with Crippen LogP contribution >= 0.6 is 0 Å². The molecule has 0 bridgehead atoms. The summed E-state index contributed by atoms with van der Waals surface area (Å²) < 4.78 is 7.47. The Labute approximate surface area is 120 Å². The van der Waals surface area contributed by atoms with Crippen LogP contribution in [0.25, 0.3) is 6.08 Å². The molecule has 110 valence electrons. The molecule has 5 heteroatoms. The summed E-state index contributed by atoms with van der Waals surface area (Å²) in [5.41, 5.74) is 3.03. The molecule has 0 saturated carbocycles.